The second-order valence-corrected chi connectivity index (χ2v) is 8.22. The summed E-state index contributed by atoms with van der Waals surface area (Å²) in [5.74, 6) is -1.52. The Hall–Kier alpha value is -1.18. The maximum atomic E-state index is 14.2. The standard InChI is InChI=1S/C16H15BrClF2NO2S/c1-11(8-9-17)21(16-10-13(19)4-7-15(16)20)24(22,23)14-5-2-12(18)3-6-14/h2-7,10-11H,8-9H2,1H3. The van der Waals surface area contributed by atoms with Gasteiger partial charge in [-0.25, -0.2) is 17.2 Å². The van der Waals surface area contributed by atoms with Crippen molar-refractivity contribution in [3.8, 4) is 0 Å². The molecule has 2 aromatic carbocycles. The summed E-state index contributed by atoms with van der Waals surface area (Å²) in [6, 6.07) is 7.70. The first-order valence-electron chi connectivity index (χ1n) is 7.08. The van der Waals surface area contributed by atoms with E-state index in [0.717, 1.165) is 22.5 Å². The monoisotopic (exact) mass is 437 g/mol. The predicted molar refractivity (Wildman–Crippen MR) is 95.3 cm³/mol. The summed E-state index contributed by atoms with van der Waals surface area (Å²) >= 11 is 9.04. The van der Waals surface area contributed by atoms with Crippen LogP contribution in [0.5, 0.6) is 0 Å². The molecule has 0 amide bonds. The molecule has 3 nitrogen and oxygen atoms in total. The molecule has 2 aromatic rings. The number of halogens is 4. The Labute approximate surface area is 153 Å². The van der Waals surface area contributed by atoms with E-state index in [-0.39, 0.29) is 10.6 Å². The Morgan fingerprint density at radius 2 is 1.79 bits per heavy atom. The molecular weight excluding hydrogens is 424 g/mol. The Balaban J connectivity index is 2.61. The van der Waals surface area contributed by atoms with Crippen molar-refractivity contribution in [3.63, 3.8) is 0 Å². The first-order valence-corrected chi connectivity index (χ1v) is 10.0. The van der Waals surface area contributed by atoms with Crippen LogP contribution in [-0.4, -0.2) is 19.8 Å². The molecule has 0 N–H and O–H groups in total. The van der Waals surface area contributed by atoms with Crippen molar-refractivity contribution < 1.29 is 17.2 Å². The van der Waals surface area contributed by atoms with Gasteiger partial charge in [-0.1, -0.05) is 27.5 Å². The Kier molecular flexibility index (Phi) is 6.22. The van der Waals surface area contributed by atoms with Crippen LogP contribution in [0.15, 0.2) is 47.4 Å². The molecule has 0 aliphatic heterocycles. The van der Waals surface area contributed by atoms with Gasteiger partial charge in [-0.05, 0) is 49.7 Å². The summed E-state index contributed by atoms with van der Waals surface area (Å²) in [7, 11) is -4.08. The topological polar surface area (TPSA) is 37.4 Å². The summed E-state index contributed by atoms with van der Waals surface area (Å²) in [4.78, 5) is -0.0445. The molecule has 0 aliphatic carbocycles. The van der Waals surface area contributed by atoms with Gasteiger partial charge in [0, 0.05) is 22.5 Å². The van der Waals surface area contributed by atoms with Crippen LogP contribution in [-0.2, 0) is 10.0 Å². The number of sulfonamides is 1. The summed E-state index contributed by atoms with van der Waals surface area (Å²) < 4.78 is 54.7. The third-order valence-corrected chi connectivity index (χ3v) is 6.10. The molecule has 130 valence electrons. The number of anilines is 1. The molecule has 24 heavy (non-hydrogen) atoms. The van der Waals surface area contributed by atoms with E-state index in [9.17, 15) is 17.2 Å². The summed E-state index contributed by atoms with van der Waals surface area (Å²) in [6.45, 7) is 1.64. The van der Waals surface area contributed by atoms with E-state index in [1.54, 1.807) is 6.92 Å². The first-order chi connectivity index (χ1) is 11.3. The van der Waals surface area contributed by atoms with Crippen molar-refractivity contribution >= 4 is 43.2 Å². The van der Waals surface area contributed by atoms with Crippen LogP contribution in [0.4, 0.5) is 14.5 Å². The van der Waals surface area contributed by atoms with Crippen LogP contribution >= 0.6 is 27.5 Å². The number of benzene rings is 2. The average molecular weight is 439 g/mol. The maximum Gasteiger partial charge on any atom is 0.264 e. The van der Waals surface area contributed by atoms with E-state index in [1.807, 2.05) is 0 Å². The van der Waals surface area contributed by atoms with Gasteiger partial charge in [-0.2, -0.15) is 0 Å². The molecule has 0 spiro atoms. The second kappa shape index (κ2) is 7.80. The van der Waals surface area contributed by atoms with Crippen LogP contribution in [0.3, 0.4) is 0 Å². The largest absolute Gasteiger partial charge is 0.264 e. The third kappa shape index (κ3) is 4.07. The molecule has 2 rings (SSSR count). The van der Waals surface area contributed by atoms with Crippen LogP contribution in [0.25, 0.3) is 0 Å². The lowest BCUT2D eigenvalue weighted by molar-refractivity contribution is 0.564. The third-order valence-electron chi connectivity index (χ3n) is 3.44. The molecule has 1 unspecified atom stereocenters. The second-order valence-electron chi connectivity index (χ2n) is 5.18. The van der Waals surface area contributed by atoms with Crippen molar-refractivity contribution in [1.82, 2.24) is 0 Å². The molecule has 0 saturated carbocycles. The molecule has 0 heterocycles. The van der Waals surface area contributed by atoms with Gasteiger partial charge in [-0.3, -0.25) is 4.31 Å². The zero-order valence-corrected chi connectivity index (χ0v) is 15.9. The molecule has 0 radical (unpaired) electrons. The maximum absolute atomic E-state index is 14.2. The summed E-state index contributed by atoms with van der Waals surface area (Å²) in [6.07, 6.45) is 0.419. The lowest BCUT2D eigenvalue weighted by Gasteiger charge is -2.30. The fourth-order valence-electron chi connectivity index (χ4n) is 2.25. The van der Waals surface area contributed by atoms with Crippen molar-refractivity contribution in [3.05, 3.63) is 59.1 Å². The minimum Gasteiger partial charge on any atom is -0.260 e. The highest BCUT2D eigenvalue weighted by Crippen LogP contribution is 2.31. The van der Waals surface area contributed by atoms with E-state index < -0.39 is 27.7 Å². The van der Waals surface area contributed by atoms with Gasteiger partial charge < -0.3 is 0 Å². The SMILES string of the molecule is CC(CCBr)N(c1cc(F)ccc1F)S(=O)(=O)c1ccc(Cl)cc1. The molecule has 8 heteroatoms. The molecule has 0 saturated heterocycles. The van der Waals surface area contributed by atoms with Crippen molar-refractivity contribution in [2.24, 2.45) is 0 Å². The zero-order chi connectivity index (χ0) is 17.9. The highest BCUT2D eigenvalue weighted by Gasteiger charge is 2.31. The van der Waals surface area contributed by atoms with Gasteiger partial charge in [0.1, 0.15) is 11.6 Å². The predicted octanol–water partition coefficient (Wildman–Crippen LogP) is 4.99. The number of hydrogen-bond donors (Lipinski definition) is 0. The molecule has 0 aromatic heterocycles. The average Bonchev–Trinajstić information content (AvgIpc) is 2.51. The fraction of sp³-hybridized carbons (Fsp3) is 0.250. The van der Waals surface area contributed by atoms with E-state index in [1.165, 1.54) is 24.3 Å². The molecular formula is C16H15BrClF2NO2S. The summed E-state index contributed by atoms with van der Waals surface area (Å²) in [5.41, 5.74) is -0.321. The molecule has 0 bridgehead atoms. The lowest BCUT2D eigenvalue weighted by atomic mass is 10.2. The van der Waals surface area contributed by atoms with Gasteiger partial charge in [0.15, 0.2) is 0 Å². The zero-order valence-electron chi connectivity index (χ0n) is 12.7. The Morgan fingerprint density at radius 1 is 1.17 bits per heavy atom. The van der Waals surface area contributed by atoms with Gasteiger partial charge >= 0.3 is 0 Å². The highest BCUT2D eigenvalue weighted by molar-refractivity contribution is 9.09. The van der Waals surface area contributed by atoms with Gasteiger partial charge in [0.05, 0.1) is 10.6 Å². The van der Waals surface area contributed by atoms with E-state index in [4.69, 9.17) is 11.6 Å². The number of hydrogen-bond acceptors (Lipinski definition) is 2. The van der Waals surface area contributed by atoms with Crippen LogP contribution < -0.4 is 4.31 Å². The van der Waals surface area contributed by atoms with Crippen molar-refractivity contribution in [1.29, 1.82) is 0 Å². The lowest BCUT2D eigenvalue weighted by Crippen LogP contribution is -2.39. The van der Waals surface area contributed by atoms with Crippen molar-refractivity contribution in [2.75, 3.05) is 9.64 Å². The van der Waals surface area contributed by atoms with Crippen LogP contribution in [0, 0.1) is 11.6 Å². The van der Waals surface area contributed by atoms with Gasteiger partial charge in [-0.15, -0.1) is 0 Å². The fourth-order valence-corrected chi connectivity index (χ4v) is 4.73. The molecule has 0 aliphatic rings. The van der Waals surface area contributed by atoms with E-state index in [0.29, 0.717) is 16.8 Å². The highest BCUT2D eigenvalue weighted by atomic mass is 79.9. The normalized spacial score (nSPS) is 12.9. The first kappa shape index (κ1) is 19.1. The smallest absolute Gasteiger partial charge is 0.260 e. The summed E-state index contributed by atoms with van der Waals surface area (Å²) in [5, 5.41) is 0.892. The minimum absolute atomic E-state index is 0.0445. The van der Waals surface area contributed by atoms with Crippen molar-refractivity contribution in [2.45, 2.75) is 24.3 Å². The van der Waals surface area contributed by atoms with E-state index in [2.05, 4.69) is 15.9 Å². The quantitative estimate of drug-likeness (QED) is 0.596. The van der Waals surface area contributed by atoms with Crippen LogP contribution in [0.1, 0.15) is 13.3 Å². The van der Waals surface area contributed by atoms with Crippen LogP contribution in [0.2, 0.25) is 5.02 Å². The number of rotatable bonds is 6. The van der Waals surface area contributed by atoms with E-state index >= 15 is 0 Å². The minimum atomic E-state index is -4.08. The number of alkyl halides is 1. The molecule has 0 fully saturated rings. The Morgan fingerprint density at radius 3 is 2.38 bits per heavy atom. The van der Waals surface area contributed by atoms with Gasteiger partial charge in [0.25, 0.3) is 10.0 Å². The Bertz CT molecular complexity index is 815. The van der Waals surface area contributed by atoms with Gasteiger partial charge in [0.2, 0.25) is 0 Å². The number of nitrogens with zero attached hydrogens (tertiary/aromatic N) is 1. The molecule has 1 atom stereocenters.